The summed E-state index contributed by atoms with van der Waals surface area (Å²) in [5.74, 6) is 0. The Balaban J connectivity index is 1.55. The molecule has 0 bridgehead atoms. The van der Waals surface area contributed by atoms with Crippen molar-refractivity contribution >= 4 is 55.3 Å². The molecule has 0 amide bonds. The number of H-pyrrole nitrogens is 1. The van der Waals surface area contributed by atoms with Crippen molar-refractivity contribution in [2.24, 2.45) is 0 Å². The number of thiophene rings is 1. The van der Waals surface area contributed by atoms with Gasteiger partial charge in [0.25, 0.3) is 0 Å². The summed E-state index contributed by atoms with van der Waals surface area (Å²) in [7, 11) is -3.61. The highest BCUT2D eigenvalue weighted by atomic mass is 35.5. The van der Waals surface area contributed by atoms with Gasteiger partial charge in [-0.15, -0.1) is 22.7 Å². The molecule has 128 valence electrons. The van der Waals surface area contributed by atoms with E-state index in [2.05, 4.69) is 19.7 Å². The van der Waals surface area contributed by atoms with Gasteiger partial charge in [-0.1, -0.05) is 11.6 Å². The minimum absolute atomic E-state index is 0.184. The van der Waals surface area contributed by atoms with Gasteiger partial charge in [-0.2, -0.15) is 0 Å². The number of sulfonamides is 1. The summed E-state index contributed by atoms with van der Waals surface area (Å²) in [5.41, 5.74) is 2.26. The molecule has 4 rings (SSSR count). The van der Waals surface area contributed by atoms with E-state index in [-0.39, 0.29) is 10.8 Å². The third kappa shape index (κ3) is 3.33. The fourth-order valence-corrected chi connectivity index (χ4v) is 5.53. The van der Waals surface area contributed by atoms with Crippen molar-refractivity contribution in [3.05, 3.63) is 52.1 Å². The number of nitrogens with zero attached hydrogens (tertiary/aromatic N) is 2. The Labute approximate surface area is 156 Å². The fraction of sp³-hybridized carbons (Fsp3) is 0.0667. The molecule has 10 heteroatoms. The zero-order chi connectivity index (χ0) is 17.4. The van der Waals surface area contributed by atoms with Crippen LogP contribution in [0.2, 0.25) is 4.47 Å². The average Bonchev–Trinajstić information content (AvgIpc) is 3.32. The molecule has 4 aromatic rings. The molecular weight excluding hydrogens is 400 g/mol. The lowest BCUT2D eigenvalue weighted by Gasteiger charge is -2.03. The highest BCUT2D eigenvalue weighted by Crippen LogP contribution is 2.32. The van der Waals surface area contributed by atoms with E-state index < -0.39 is 10.0 Å². The predicted octanol–water partition coefficient (Wildman–Crippen LogP) is 3.88. The largest absolute Gasteiger partial charge is 0.346 e. The Hall–Kier alpha value is -1.78. The summed E-state index contributed by atoms with van der Waals surface area (Å²) in [6.07, 6.45) is 3.45. The van der Waals surface area contributed by atoms with Crippen molar-refractivity contribution in [1.82, 2.24) is 19.7 Å². The molecule has 0 aliphatic carbocycles. The van der Waals surface area contributed by atoms with Gasteiger partial charge in [0.05, 0.1) is 10.6 Å². The first-order valence-corrected chi connectivity index (χ1v) is 10.7. The second kappa shape index (κ2) is 6.50. The standard InChI is InChI=1S/C15H11ClN4O2S3/c16-15-20-11(8-23-15)12-3-4-13(24-12)25(21,22)19-7-9-6-18-14-10(9)2-1-5-17-14/h1-6,8,19H,7H2,(H,17,18). The zero-order valence-electron chi connectivity index (χ0n) is 12.6. The lowest BCUT2D eigenvalue weighted by Crippen LogP contribution is -2.22. The van der Waals surface area contributed by atoms with Crippen LogP contribution in [0.4, 0.5) is 0 Å². The second-order valence-corrected chi connectivity index (χ2v) is 9.66. The number of pyridine rings is 1. The van der Waals surface area contributed by atoms with Gasteiger partial charge in [0.15, 0.2) is 4.47 Å². The van der Waals surface area contributed by atoms with E-state index in [9.17, 15) is 8.42 Å². The highest BCUT2D eigenvalue weighted by Gasteiger charge is 2.18. The van der Waals surface area contributed by atoms with Crippen LogP contribution < -0.4 is 4.72 Å². The van der Waals surface area contributed by atoms with Crippen LogP contribution >= 0.6 is 34.3 Å². The molecule has 0 fully saturated rings. The summed E-state index contributed by atoms with van der Waals surface area (Å²) in [6.45, 7) is 0.184. The van der Waals surface area contributed by atoms with Gasteiger partial charge in [-0.25, -0.2) is 23.1 Å². The molecule has 4 aromatic heterocycles. The van der Waals surface area contributed by atoms with Crippen molar-refractivity contribution in [3.63, 3.8) is 0 Å². The summed E-state index contributed by atoms with van der Waals surface area (Å²) in [5, 5.41) is 2.70. The van der Waals surface area contributed by atoms with Gasteiger partial charge < -0.3 is 4.98 Å². The number of aromatic amines is 1. The lowest BCUT2D eigenvalue weighted by atomic mass is 10.2. The summed E-state index contributed by atoms with van der Waals surface area (Å²) >= 11 is 8.31. The quantitative estimate of drug-likeness (QED) is 0.522. The number of rotatable bonds is 5. The van der Waals surface area contributed by atoms with Crippen LogP contribution in [0.15, 0.2) is 46.2 Å². The predicted molar refractivity (Wildman–Crippen MR) is 101 cm³/mol. The number of hydrogen-bond acceptors (Lipinski definition) is 6. The first kappa shape index (κ1) is 16.7. The number of halogens is 1. The first-order chi connectivity index (χ1) is 12.0. The molecule has 0 saturated heterocycles. The number of nitrogens with one attached hydrogen (secondary N) is 2. The maximum Gasteiger partial charge on any atom is 0.250 e. The molecule has 0 spiro atoms. The molecule has 0 aromatic carbocycles. The highest BCUT2D eigenvalue weighted by molar-refractivity contribution is 7.91. The third-order valence-electron chi connectivity index (χ3n) is 3.56. The van der Waals surface area contributed by atoms with E-state index in [1.165, 1.54) is 11.3 Å². The molecule has 0 aliphatic rings. The van der Waals surface area contributed by atoms with E-state index in [0.29, 0.717) is 10.2 Å². The first-order valence-electron chi connectivity index (χ1n) is 7.15. The Morgan fingerprint density at radius 1 is 1.28 bits per heavy atom. The van der Waals surface area contributed by atoms with Crippen LogP contribution in [0.1, 0.15) is 5.56 Å². The monoisotopic (exact) mass is 410 g/mol. The van der Waals surface area contributed by atoms with Crippen molar-refractivity contribution in [2.75, 3.05) is 0 Å². The molecule has 0 unspecified atom stereocenters. The number of thiazole rings is 1. The Morgan fingerprint density at radius 3 is 2.96 bits per heavy atom. The third-order valence-corrected chi connectivity index (χ3v) is 7.54. The van der Waals surface area contributed by atoms with E-state index in [1.54, 1.807) is 29.9 Å². The number of aromatic nitrogens is 3. The van der Waals surface area contributed by atoms with Crippen LogP contribution in [0.3, 0.4) is 0 Å². The molecule has 0 aliphatic heterocycles. The van der Waals surface area contributed by atoms with Crippen LogP contribution in [0, 0.1) is 0 Å². The van der Waals surface area contributed by atoms with Crippen molar-refractivity contribution in [1.29, 1.82) is 0 Å². The van der Waals surface area contributed by atoms with Gasteiger partial charge in [0, 0.05) is 29.7 Å². The zero-order valence-corrected chi connectivity index (χ0v) is 15.8. The molecule has 0 radical (unpaired) electrons. The Bertz CT molecular complexity index is 1150. The van der Waals surface area contributed by atoms with Crippen molar-refractivity contribution in [2.45, 2.75) is 10.8 Å². The fourth-order valence-electron chi connectivity index (χ4n) is 2.37. The van der Waals surface area contributed by atoms with Crippen LogP contribution in [0.5, 0.6) is 0 Å². The maximum atomic E-state index is 12.5. The second-order valence-electron chi connectivity index (χ2n) is 5.14. The molecule has 4 heterocycles. The van der Waals surface area contributed by atoms with Crippen molar-refractivity contribution < 1.29 is 8.42 Å². The van der Waals surface area contributed by atoms with Gasteiger partial charge >= 0.3 is 0 Å². The molecule has 0 atom stereocenters. The summed E-state index contributed by atoms with van der Waals surface area (Å²) in [6, 6.07) is 7.03. The van der Waals surface area contributed by atoms with Crippen LogP contribution in [-0.4, -0.2) is 23.4 Å². The summed E-state index contributed by atoms with van der Waals surface area (Å²) < 4.78 is 28.4. The molecule has 2 N–H and O–H groups in total. The van der Waals surface area contributed by atoms with Gasteiger partial charge in [0.1, 0.15) is 9.86 Å². The van der Waals surface area contributed by atoms with Crippen molar-refractivity contribution in [3.8, 4) is 10.6 Å². The Morgan fingerprint density at radius 2 is 2.16 bits per heavy atom. The summed E-state index contributed by atoms with van der Waals surface area (Å²) in [4.78, 5) is 12.2. The molecule has 25 heavy (non-hydrogen) atoms. The molecule has 0 saturated carbocycles. The lowest BCUT2D eigenvalue weighted by molar-refractivity contribution is 0.583. The minimum atomic E-state index is -3.61. The van der Waals surface area contributed by atoms with Gasteiger partial charge in [-0.3, -0.25) is 0 Å². The normalized spacial score (nSPS) is 12.0. The number of hydrogen-bond donors (Lipinski definition) is 2. The topological polar surface area (TPSA) is 87.7 Å². The van der Waals surface area contributed by atoms with Gasteiger partial charge in [0.2, 0.25) is 10.0 Å². The smallest absolute Gasteiger partial charge is 0.250 e. The van der Waals surface area contributed by atoms with E-state index in [1.807, 2.05) is 12.1 Å². The minimum Gasteiger partial charge on any atom is -0.346 e. The number of fused-ring (bicyclic) bond motifs is 1. The SMILES string of the molecule is O=S(=O)(NCc1c[nH]c2ncccc12)c1ccc(-c2csc(Cl)n2)s1. The van der Waals surface area contributed by atoms with Crippen LogP contribution in [-0.2, 0) is 16.6 Å². The average molecular weight is 411 g/mol. The molecule has 6 nitrogen and oxygen atoms in total. The van der Waals surface area contributed by atoms with Gasteiger partial charge in [-0.05, 0) is 29.8 Å². The molecular formula is C15H11ClN4O2S3. The van der Waals surface area contributed by atoms with E-state index in [4.69, 9.17) is 11.6 Å². The Kier molecular flexibility index (Phi) is 4.34. The van der Waals surface area contributed by atoms with Crippen LogP contribution in [0.25, 0.3) is 21.6 Å². The van der Waals surface area contributed by atoms with E-state index >= 15 is 0 Å². The van der Waals surface area contributed by atoms with E-state index in [0.717, 1.165) is 32.8 Å². The maximum absolute atomic E-state index is 12.5.